The topological polar surface area (TPSA) is 71.1 Å². The number of esters is 2. The highest BCUT2D eigenvalue weighted by Gasteiger charge is 2.42. The number of thiophene rings is 2. The Morgan fingerprint density at radius 2 is 0.806 bits per heavy atom. The van der Waals surface area contributed by atoms with E-state index in [1.807, 2.05) is 22.7 Å². The fourth-order valence-corrected chi connectivity index (χ4v) is 11.1. The van der Waals surface area contributed by atoms with Crippen LogP contribution in [-0.2, 0) is 24.5 Å². The van der Waals surface area contributed by atoms with E-state index in [1.165, 1.54) is 64.0 Å². The highest BCUT2D eigenvalue weighted by molar-refractivity contribution is 7.19. The van der Waals surface area contributed by atoms with Crippen LogP contribution < -0.4 is 9.47 Å². The largest absolute Gasteiger partial charge is 0.494 e. The molecule has 2 heterocycles. The molecule has 0 fully saturated rings. The normalized spacial score (nSPS) is 12.3. The van der Waals surface area contributed by atoms with Crippen molar-refractivity contribution in [2.24, 2.45) is 0 Å². The van der Waals surface area contributed by atoms with E-state index in [-0.39, 0.29) is 17.4 Å². The van der Waals surface area contributed by atoms with Gasteiger partial charge in [-0.3, -0.25) is 0 Å². The molecule has 6 nitrogen and oxygen atoms in total. The molecule has 0 saturated carbocycles. The Hall–Kier alpha value is -5.70. The summed E-state index contributed by atoms with van der Waals surface area (Å²) in [6, 6.07) is 40.4. The summed E-state index contributed by atoms with van der Waals surface area (Å²) in [7, 11) is 0. The molecular weight excluding hydrogens is 869 g/mol. The van der Waals surface area contributed by atoms with Crippen LogP contribution in [0, 0.1) is 0 Å². The minimum atomic E-state index is -0.314. The molecule has 6 aromatic rings. The van der Waals surface area contributed by atoms with Crippen LogP contribution in [0.2, 0.25) is 0 Å². The Labute approximate surface area is 406 Å². The van der Waals surface area contributed by atoms with Crippen molar-refractivity contribution in [1.82, 2.24) is 0 Å². The summed E-state index contributed by atoms with van der Waals surface area (Å²) in [4.78, 5) is 28.1. The fourth-order valence-electron chi connectivity index (χ4n) is 9.12. The second kappa shape index (κ2) is 23.8. The minimum Gasteiger partial charge on any atom is -0.494 e. The van der Waals surface area contributed by atoms with Crippen molar-refractivity contribution in [2.75, 3.05) is 26.4 Å². The average Bonchev–Trinajstić information content (AvgIpc) is 4.10. The molecule has 0 amide bonds. The van der Waals surface area contributed by atoms with Gasteiger partial charge >= 0.3 is 11.9 Å². The molecule has 0 radical (unpaired) electrons. The molecule has 0 aliphatic heterocycles. The molecule has 1 aliphatic rings. The quantitative estimate of drug-likeness (QED) is 0.0307. The van der Waals surface area contributed by atoms with Crippen LogP contribution in [-0.4, -0.2) is 38.4 Å². The minimum absolute atomic E-state index is 0.0368. The van der Waals surface area contributed by atoms with E-state index in [2.05, 4.69) is 136 Å². The highest BCUT2D eigenvalue weighted by Crippen LogP contribution is 2.56. The Morgan fingerprint density at radius 3 is 1.16 bits per heavy atom. The molecule has 0 N–H and O–H groups in total. The van der Waals surface area contributed by atoms with Gasteiger partial charge in [-0.15, -0.1) is 22.7 Å². The molecule has 4 aromatic carbocycles. The van der Waals surface area contributed by atoms with Gasteiger partial charge in [-0.1, -0.05) is 64.1 Å². The maximum absolute atomic E-state index is 11.5. The van der Waals surface area contributed by atoms with E-state index in [4.69, 9.17) is 18.9 Å². The van der Waals surface area contributed by atoms with Crippen LogP contribution >= 0.6 is 22.7 Å². The Kier molecular flexibility index (Phi) is 17.5. The standard InChI is InChI=1S/C59H66O6S2/c1-7-33-59(34-8-2)51-39-45(55-31-29-53(66-55)43-17-23-47(24-18-43)62-35-13-9-11-15-37-64-57(60)41(3)4)21-27-49(51)50-28-22-46(40-52(50)59)56-32-30-54(67-56)44-19-25-48(26-20-44)63-36-14-10-12-16-38-65-58(61)42(5)6/h17-32,39-40H,3,5,7-16,33-38H2,1-2,4,6H3. The lowest BCUT2D eigenvalue weighted by Crippen LogP contribution is -2.25. The molecule has 0 saturated heterocycles. The zero-order valence-corrected chi connectivity index (χ0v) is 41.5. The van der Waals surface area contributed by atoms with E-state index in [1.54, 1.807) is 13.8 Å². The van der Waals surface area contributed by atoms with Gasteiger partial charge < -0.3 is 18.9 Å². The van der Waals surface area contributed by atoms with Crippen LogP contribution in [0.5, 0.6) is 11.5 Å². The number of fused-ring (bicyclic) bond motifs is 3. The van der Waals surface area contributed by atoms with Gasteiger partial charge in [0.2, 0.25) is 0 Å². The summed E-state index contributed by atoms with van der Waals surface area (Å²) in [5.74, 6) is 1.14. The molecule has 350 valence electrons. The number of rotatable bonds is 26. The highest BCUT2D eigenvalue weighted by atomic mass is 32.1. The number of hydrogen-bond acceptors (Lipinski definition) is 8. The first kappa shape index (κ1) is 49.2. The van der Waals surface area contributed by atoms with Crippen LogP contribution in [0.15, 0.2) is 133 Å². The summed E-state index contributed by atoms with van der Waals surface area (Å²) in [6.07, 6.45) is 12.1. The Bertz CT molecular complexity index is 2430. The SMILES string of the molecule is C=C(C)C(=O)OCCCCCCOc1ccc(-c2ccc(-c3ccc4c(c3)C(CCC)(CCC)c3cc(-c5ccc(-c6ccc(OCCCCCCOC(=O)C(=C)C)cc6)s5)ccc3-4)s2)cc1. The van der Waals surface area contributed by atoms with Gasteiger partial charge in [0.05, 0.1) is 26.4 Å². The van der Waals surface area contributed by atoms with E-state index < -0.39 is 0 Å². The van der Waals surface area contributed by atoms with E-state index in [0.717, 1.165) is 88.5 Å². The van der Waals surface area contributed by atoms with Crippen molar-refractivity contribution in [3.05, 3.63) is 145 Å². The predicted molar refractivity (Wildman–Crippen MR) is 279 cm³/mol. The van der Waals surface area contributed by atoms with Crippen LogP contribution in [0.25, 0.3) is 52.9 Å². The first-order chi connectivity index (χ1) is 32.6. The zero-order chi connectivity index (χ0) is 47.2. The van der Waals surface area contributed by atoms with Gasteiger partial charge in [-0.25, -0.2) is 9.59 Å². The van der Waals surface area contributed by atoms with E-state index >= 15 is 0 Å². The summed E-state index contributed by atoms with van der Waals surface area (Å²) >= 11 is 3.70. The third kappa shape index (κ3) is 12.5. The maximum atomic E-state index is 11.5. The molecule has 1 aliphatic carbocycles. The van der Waals surface area contributed by atoms with E-state index in [0.29, 0.717) is 37.6 Å². The molecule has 2 aromatic heterocycles. The van der Waals surface area contributed by atoms with Gasteiger partial charge in [0.25, 0.3) is 0 Å². The lowest BCUT2D eigenvalue weighted by molar-refractivity contribution is -0.139. The number of carbonyl (C=O) groups excluding carboxylic acids is 2. The molecule has 0 bridgehead atoms. The second-order valence-corrected chi connectivity index (χ2v) is 20.0. The fraction of sp³-hybridized carbons (Fsp3) is 0.356. The maximum Gasteiger partial charge on any atom is 0.333 e. The van der Waals surface area contributed by atoms with E-state index in [9.17, 15) is 9.59 Å². The van der Waals surface area contributed by atoms with Gasteiger partial charge in [0.1, 0.15) is 11.5 Å². The van der Waals surface area contributed by atoms with Crippen LogP contribution in [0.4, 0.5) is 0 Å². The summed E-state index contributed by atoms with van der Waals surface area (Å²) in [5.41, 5.74) is 11.5. The molecule has 67 heavy (non-hydrogen) atoms. The third-order valence-corrected chi connectivity index (χ3v) is 14.9. The molecule has 0 atom stereocenters. The number of hydrogen-bond donors (Lipinski definition) is 0. The number of carbonyl (C=O) groups is 2. The smallest absolute Gasteiger partial charge is 0.333 e. The third-order valence-electron chi connectivity index (χ3n) is 12.6. The summed E-state index contributed by atoms with van der Waals surface area (Å²) in [6.45, 7) is 17.5. The van der Waals surface area contributed by atoms with Gasteiger partial charge in [0.15, 0.2) is 0 Å². The predicted octanol–water partition coefficient (Wildman–Crippen LogP) is 16.5. The lowest BCUT2D eigenvalue weighted by atomic mass is 9.71. The second-order valence-electron chi connectivity index (χ2n) is 17.8. The van der Waals surface area contributed by atoms with Crippen molar-refractivity contribution in [1.29, 1.82) is 0 Å². The summed E-state index contributed by atoms with van der Waals surface area (Å²) in [5, 5.41) is 0. The van der Waals surface area contributed by atoms with Crippen molar-refractivity contribution in [3.63, 3.8) is 0 Å². The van der Waals surface area contributed by atoms with Crippen molar-refractivity contribution in [3.8, 4) is 64.4 Å². The molecular formula is C59H66O6S2. The monoisotopic (exact) mass is 934 g/mol. The lowest BCUT2D eigenvalue weighted by Gasteiger charge is -2.32. The molecule has 0 unspecified atom stereocenters. The molecule has 0 spiro atoms. The van der Waals surface area contributed by atoms with Crippen molar-refractivity contribution in [2.45, 2.75) is 110 Å². The van der Waals surface area contributed by atoms with Gasteiger partial charge in [-0.05, 0) is 207 Å². The van der Waals surface area contributed by atoms with Gasteiger partial charge in [-0.2, -0.15) is 0 Å². The average molecular weight is 935 g/mol. The summed E-state index contributed by atoms with van der Waals surface area (Å²) < 4.78 is 22.5. The Balaban J connectivity index is 0.967. The van der Waals surface area contributed by atoms with Gasteiger partial charge in [0, 0.05) is 36.1 Å². The van der Waals surface area contributed by atoms with Crippen molar-refractivity contribution >= 4 is 34.6 Å². The van der Waals surface area contributed by atoms with Crippen molar-refractivity contribution < 1.29 is 28.5 Å². The first-order valence-corrected chi connectivity index (χ1v) is 25.8. The molecule has 7 rings (SSSR count). The molecule has 8 heteroatoms. The number of ether oxygens (including phenoxy) is 4. The Morgan fingerprint density at radius 1 is 0.463 bits per heavy atom. The first-order valence-electron chi connectivity index (χ1n) is 24.2. The van der Waals surface area contributed by atoms with Crippen LogP contribution in [0.1, 0.15) is 116 Å². The van der Waals surface area contributed by atoms with Crippen LogP contribution in [0.3, 0.4) is 0 Å². The number of unbranched alkanes of at least 4 members (excludes halogenated alkanes) is 6. The zero-order valence-electron chi connectivity index (χ0n) is 39.9. The number of benzene rings is 4.